The number of phenols is 1. The van der Waals surface area contributed by atoms with Gasteiger partial charge in [-0.05, 0) is 29.8 Å². The number of phenolic OH excluding ortho intramolecular Hbond substituents is 1. The van der Waals surface area contributed by atoms with E-state index >= 15 is 0 Å². The highest BCUT2D eigenvalue weighted by Gasteiger charge is 2.47. The Morgan fingerprint density at radius 3 is 2.32 bits per heavy atom. The maximum absolute atomic E-state index is 13.0. The highest BCUT2D eigenvalue weighted by Crippen LogP contribution is 2.42. The van der Waals surface area contributed by atoms with E-state index in [0.29, 0.717) is 11.3 Å². The standard InChI is InChI=1S/C23H16N2O6/c26-18-11-5-6-14(13-18)20-19(21(27)15-7-4-10-17(12-15)25(30)31)22(28)23(29)24(20)16-8-2-1-3-9-16/h1-13,20,26-27H/b21-19-. The van der Waals surface area contributed by atoms with Crippen LogP contribution in [0.25, 0.3) is 5.76 Å². The minimum atomic E-state index is -1.03. The minimum absolute atomic E-state index is 0.0328. The van der Waals surface area contributed by atoms with Gasteiger partial charge in [-0.25, -0.2) is 0 Å². The van der Waals surface area contributed by atoms with Crippen molar-refractivity contribution in [2.45, 2.75) is 6.04 Å². The van der Waals surface area contributed by atoms with Crippen molar-refractivity contribution in [2.75, 3.05) is 4.90 Å². The third-order valence-corrected chi connectivity index (χ3v) is 5.00. The van der Waals surface area contributed by atoms with Crippen molar-refractivity contribution in [3.63, 3.8) is 0 Å². The number of hydrogen-bond acceptors (Lipinski definition) is 6. The molecule has 0 spiro atoms. The van der Waals surface area contributed by atoms with Gasteiger partial charge in [-0.1, -0.05) is 42.5 Å². The average Bonchev–Trinajstić information content (AvgIpc) is 3.04. The van der Waals surface area contributed by atoms with Crippen LogP contribution in [0.3, 0.4) is 0 Å². The van der Waals surface area contributed by atoms with E-state index < -0.39 is 28.4 Å². The Hall–Kier alpha value is -4.46. The van der Waals surface area contributed by atoms with Gasteiger partial charge in [-0.15, -0.1) is 0 Å². The van der Waals surface area contributed by atoms with E-state index in [1.165, 1.54) is 35.2 Å². The van der Waals surface area contributed by atoms with Gasteiger partial charge in [0.2, 0.25) is 0 Å². The molecule has 1 aliphatic heterocycles. The summed E-state index contributed by atoms with van der Waals surface area (Å²) in [5, 5.41) is 32.1. The lowest BCUT2D eigenvalue weighted by Crippen LogP contribution is -2.29. The minimum Gasteiger partial charge on any atom is -0.508 e. The largest absolute Gasteiger partial charge is 0.508 e. The number of amides is 1. The second kappa shape index (κ2) is 7.75. The number of Topliss-reactive ketones (excluding diaryl/α,β-unsaturated/α-hetero) is 1. The van der Waals surface area contributed by atoms with Gasteiger partial charge in [0.1, 0.15) is 11.5 Å². The fraction of sp³-hybridized carbons (Fsp3) is 0.0435. The SMILES string of the molecule is O=C1C(=O)N(c2ccccc2)C(c2cccc(O)c2)/C1=C(/O)c1cccc([N+](=O)[O-])c1. The van der Waals surface area contributed by atoms with Gasteiger partial charge in [-0.2, -0.15) is 0 Å². The Kier molecular flexibility index (Phi) is 4.96. The van der Waals surface area contributed by atoms with Crippen molar-refractivity contribution in [1.29, 1.82) is 0 Å². The van der Waals surface area contributed by atoms with Gasteiger partial charge in [0.15, 0.2) is 0 Å². The van der Waals surface area contributed by atoms with Crippen LogP contribution in [0.5, 0.6) is 5.75 Å². The highest BCUT2D eigenvalue weighted by molar-refractivity contribution is 6.51. The molecule has 1 unspecified atom stereocenters. The van der Waals surface area contributed by atoms with E-state index in [9.17, 15) is 29.9 Å². The number of non-ortho nitro benzene ring substituents is 1. The molecule has 1 fully saturated rings. The lowest BCUT2D eigenvalue weighted by atomic mass is 9.95. The average molecular weight is 416 g/mol. The molecule has 4 rings (SSSR count). The van der Waals surface area contributed by atoms with Crippen molar-refractivity contribution in [2.24, 2.45) is 0 Å². The summed E-state index contributed by atoms with van der Waals surface area (Å²) in [5.74, 6) is -2.40. The summed E-state index contributed by atoms with van der Waals surface area (Å²) < 4.78 is 0. The number of aromatic hydroxyl groups is 1. The van der Waals surface area contributed by atoms with Crippen molar-refractivity contribution in [3.05, 3.63) is 106 Å². The fourth-order valence-corrected chi connectivity index (χ4v) is 3.62. The van der Waals surface area contributed by atoms with Gasteiger partial charge >= 0.3 is 0 Å². The maximum atomic E-state index is 13.0. The number of ketones is 1. The first-order valence-corrected chi connectivity index (χ1v) is 9.28. The summed E-state index contributed by atoms with van der Waals surface area (Å²) in [6, 6.07) is 18.6. The number of anilines is 1. The van der Waals surface area contributed by atoms with Crippen LogP contribution >= 0.6 is 0 Å². The third-order valence-electron chi connectivity index (χ3n) is 5.00. The summed E-state index contributed by atoms with van der Waals surface area (Å²) >= 11 is 0. The maximum Gasteiger partial charge on any atom is 0.300 e. The van der Waals surface area contributed by atoms with E-state index in [1.54, 1.807) is 42.5 Å². The van der Waals surface area contributed by atoms with Gasteiger partial charge in [0, 0.05) is 23.4 Å². The van der Waals surface area contributed by atoms with Crippen LogP contribution in [0.4, 0.5) is 11.4 Å². The smallest absolute Gasteiger partial charge is 0.300 e. The summed E-state index contributed by atoms with van der Waals surface area (Å²) in [7, 11) is 0. The number of nitrogens with zero attached hydrogens (tertiary/aromatic N) is 2. The number of benzene rings is 3. The van der Waals surface area contributed by atoms with E-state index in [4.69, 9.17) is 0 Å². The Morgan fingerprint density at radius 1 is 0.935 bits per heavy atom. The number of carbonyl (C=O) groups excluding carboxylic acids is 2. The van der Waals surface area contributed by atoms with E-state index in [0.717, 1.165) is 6.07 Å². The van der Waals surface area contributed by atoms with Crippen LogP contribution < -0.4 is 4.90 Å². The van der Waals surface area contributed by atoms with Crippen molar-refractivity contribution >= 4 is 28.8 Å². The van der Waals surface area contributed by atoms with E-state index in [2.05, 4.69) is 0 Å². The molecule has 0 bridgehead atoms. The number of nitro benzene ring substituents is 1. The lowest BCUT2D eigenvalue weighted by molar-refractivity contribution is -0.384. The van der Waals surface area contributed by atoms with E-state index in [-0.39, 0.29) is 22.6 Å². The topological polar surface area (TPSA) is 121 Å². The molecule has 8 nitrogen and oxygen atoms in total. The Labute approximate surface area is 176 Å². The van der Waals surface area contributed by atoms with Crippen molar-refractivity contribution in [3.8, 4) is 5.75 Å². The summed E-state index contributed by atoms with van der Waals surface area (Å²) in [6.45, 7) is 0. The molecule has 31 heavy (non-hydrogen) atoms. The Morgan fingerprint density at radius 2 is 1.65 bits per heavy atom. The molecule has 8 heteroatoms. The van der Waals surface area contributed by atoms with Crippen LogP contribution in [-0.4, -0.2) is 26.8 Å². The number of nitro groups is 1. The molecule has 1 saturated heterocycles. The first kappa shape index (κ1) is 19.8. The predicted octanol–water partition coefficient (Wildman–Crippen LogP) is 3.93. The summed E-state index contributed by atoms with van der Waals surface area (Å²) in [4.78, 5) is 37.7. The highest BCUT2D eigenvalue weighted by atomic mass is 16.6. The van der Waals surface area contributed by atoms with Gasteiger partial charge < -0.3 is 10.2 Å². The van der Waals surface area contributed by atoms with Crippen LogP contribution in [-0.2, 0) is 9.59 Å². The molecule has 0 radical (unpaired) electrons. The predicted molar refractivity (Wildman–Crippen MR) is 112 cm³/mol. The van der Waals surface area contributed by atoms with Crippen molar-refractivity contribution < 1.29 is 24.7 Å². The molecule has 0 aliphatic carbocycles. The molecule has 1 aliphatic rings. The first-order chi connectivity index (χ1) is 14.9. The molecule has 0 saturated carbocycles. The first-order valence-electron chi connectivity index (χ1n) is 9.28. The molecule has 1 amide bonds. The number of rotatable bonds is 4. The fourth-order valence-electron chi connectivity index (χ4n) is 3.62. The number of para-hydroxylation sites is 1. The molecule has 1 heterocycles. The van der Waals surface area contributed by atoms with Crippen LogP contribution in [0, 0.1) is 10.1 Å². The Balaban J connectivity index is 1.96. The normalized spacial score (nSPS) is 17.7. The molecular weight excluding hydrogens is 400 g/mol. The monoisotopic (exact) mass is 416 g/mol. The second-order valence-electron chi connectivity index (χ2n) is 6.91. The number of hydrogen-bond donors (Lipinski definition) is 2. The van der Waals surface area contributed by atoms with Gasteiger partial charge in [-0.3, -0.25) is 24.6 Å². The zero-order chi connectivity index (χ0) is 22.1. The van der Waals surface area contributed by atoms with Crippen LogP contribution in [0.15, 0.2) is 84.4 Å². The molecule has 1 atom stereocenters. The molecule has 154 valence electrons. The molecular formula is C23H16N2O6. The molecule has 3 aromatic carbocycles. The number of carbonyl (C=O) groups is 2. The number of aliphatic hydroxyl groups excluding tert-OH is 1. The quantitative estimate of drug-likeness (QED) is 0.219. The Bertz CT molecular complexity index is 1240. The zero-order valence-electron chi connectivity index (χ0n) is 16.0. The summed E-state index contributed by atoms with van der Waals surface area (Å²) in [6.07, 6.45) is 0. The lowest BCUT2D eigenvalue weighted by Gasteiger charge is -2.25. The molecule has 2 N–H and O–H groups in total. The number of aliphatic hydroxyl groups is 1. The second-order valence-corrected chi connectivity index (χ2v) is 6.91. The molecule has 0 aromatic heterocycles. The van der Waals surface area contributed by atoms with E-state index in [1.807, 2.05) is 0 Å². The van der Waals surface area contributed by atoms with Crippen LogP contribution in [0.1, 0.15) is 17.2 Å². The van der Waals surface area contributed by atoms with Gasteiger partial charge in [0.25, 0.3) is 17.4 Å². The van der Waals surface area contributed by atoms with Crippen LogP contribution in [0.2, 0.25) is 0 Å². The zero-order valence-corrected chi connectivity index (χ0v) is 16.0. The summed E-state index contributed by atoms with van der Waals surface area (Å²) in [5.41, 5.74) is 0.367. The van der Waals surface area contributed by atoms with Gasteiger partial charge in [0.05, 0.1) is 16.5 Å². The van der Waals surface area contributed by atoms with Crippen molar-refractivity contribution in [1.82, 2.24) is 0 Å². The molecule has 3 aromatic rings. The third kappa shape index (κ3) is 3.51.